The lowest BCUT2D eigenvalue weighted by Gasteiger charge is -2.09. The summed E-state index contributed by atoms with van der Waals surface area (Å²) in [6.45, 7) is -0.00898. The highest BCUT2D eigenvalue weighted by atomic mass is 35.5. The highest BCUT2D eigenvalue weighted by Crippen LogP contribution is 2.25. The summed E-state index contributed by atoms with van der Waals surface area (Å²) in [4.78, 5) is 23.4. The standard InChI is InChI=1S/C16H14Cl2FN3O2/c17-11-3-6-14(13(18)7-11)22-15(23)9-21-16(24)20-8-10-1-4-12(19)5-2-10/h1-7H,8-9H2,(H,22,23)(H2,20,21,24). The van der Waals surface area contributed by atoms with Crippen molar-refractivity contribution in [2.45, 2.75) is 6.54 Å². The topological polar surface area (TPSA) is 70.2 Å². The maximum atomic E-state index is 12.8. The van der Waals surface area contributed by atoms with E-state index in [1.807, 2.05) is 0 Å². The molecule has 0 saturated carbocycles. The van der Waals surface area contributed by atoms with Crippen LogP contribution < -0.4 is 16.0 Å². The maximum Gasteiger partial charge on any atom is 0.315 e. The number of nitrogens with one attached hydrogen (secondary N) is 3. The van der Waals surface area contributed by atoms with E-state index in [2.05, 4.69) is 16.0 Å². The van der Waals surface area contributed by atoms with Crippen molar-refractivity contribution in [1.82, 2.24) is 10.6 Å². The normalized spacial score (nSPS) is 10.1. The summed E-state index contributed by atoms with van der Waals surface area (Å²) in [6.07, 6.45) is 0. The molecule has 0 aliphatic carbocycles. The van der Waals surface area contributed by atoms with Gasteiger partial charge in [-0.05, 0) is 35.9 Å². The summed E-state index contributed by atoms with van der Waals surface area (Å²) >= 11 is 11.7. The number of benzene rings is 2. The number of urea groups is 1. The third-order valence-electron chi connectivity index (χ3n) is 2.98. The molecule has 2 aromatic rings. The summed E-state index contributed by atoms with van der Waals surface area (Å²) in [5.41, 5.74) is 1.14. The fraction of sp³-hybridized carbons (Fsp3) is 0.125. The highest BCUT2D eigenvalue weighted by molar-refractivity contribution is 6.36. The van der Waals surface area contributed by atoms with Gasteiger partial charge in [0.15, 0.2) is 0 Å². The molecule has 2 rings (SSSR count). The number of anilines is 1. The van der Waals surface area contributed by atoms with E-state index in [1.54, 1.807) is 24.3 Å². The molecule has 3 amide bonds. The Morgan fingerprint density at radius 3 is 2.38 bits per heavy atom. The molecular weight excluding hydrogens is 356 g/mol. The molecule has 0 radical (unpaired) electrons. The minimum atomic E-state index is -0.517. The molecule has 0 saturated heterocycles. The van der Waals surface area contributed by atoms with Crippen molar-refractivity contribution in [3.63, 3.8) is 0 Å². The number of carbonyl (C=O) groups excluding carboxylic acids is 2. The third-order valence-corrected chi connectivity index (χ3v) is 3.53. The van der Waals surface area contributed by atoms with Crippen molar-refractivity contribution < 1.29 is 14.0 Å². The van der Waals surface area contributed by atoms with Gasteiger partial charge in [-0.1, -0.05) is 35.3 Å². The van der Waals surface area contributed by atoms with Crippen molar-refractivity contribution in [1.29, 1.82) is 0 Å². The summed E-state index contributed by atoms with van der Waals surface area (Å²) in [6, 6.07) is 9.87. The number of amides is 3. The Balaban J connectivity index is 1.74. The zero-order valence-corrected chi connectivity index (χ0v) is 13.9. The number of hydrogen-bond donors (Lipinski definition) is 3. The van der Waals surface area contributed by atoms with Gasteiger partial charge in [0.05, 0.1) is 17.3 Å². The van der Waals surface area contributed by atoms with E-state index in [0.717, 1.165) is 5.56 Å². The zero-order chi connectivity index (χ0) is 17.5. The fourth-order valence-corrected chi connectivity index (χ4v) is 2.25. The number of rotatable bonds is 5. The van der Waals surface area contributed by atoms with Crippen LogP contribution in [0.2, 0.25) is 10.0 Å². The van der Waals surface area contributed by atoms with Crippen LogP contribution in [0.25, 0.3) is 0 Å². The van der Waals surface area contributed by atoms with Crippen LogP contribution in [0, 0.1) is 5.82 Å². The number of hydrogen-bond acceptors (Lipinski definition) is 2. The van der Waals surface area contributed by atoms with Crippen LogP contribution in [0.5, 0.6) is 0 Å². The van der Waals surface area contributed by atoms with Crippen LogP contribution in [-0.4, -0.2) is 18.5 Å². The molecule has 126 valence electrons. The molecule has 2 aromatic carbocycles. The summed E-state index contributed by atoms with van der Waals surface area (Å²) in [5, 5.41) is 8.29. The Hall–Kier alpha value is -2.31. The van der Waals surface area contributed by atoms with Crippen LogP contribution in [0.15, 0.2) is 42.5 Å². The molecule has 0 bridgehead atoms. The first kappa shape index (κ1) is 18.0. The van der Waals surface area contributed by atoms with Gasteiger partial charge in [-0.2, -0.15) is 0 Å². The van der Waals surface area contributed by atoms with E-state index in [1.165, 1.54) is 18.2 Å². The van der Waals surface area contributed by atoms with Crippen molar-refractivity contribution in [3.05, 3.63) is 63.9 Å². The van der Waals surface area contributed by atoms with Gasteiger partial charge in [-0.25, -0.2) is 9.18 Å². The van der Waals surface area contributed by atoms with E-state index >= 15 is 0 Å². The van der Waals surface area contributed by atoms with E-state index in [0.29, 0.717) is 15.7 Å². The Kier molecular flexibility index (Phi) is 6.40. The predicted molar refractivity (Wildman–Crippen MR) is 91.7 cm³/mol. The highest BCUT2D eigenvalue weighted by Gasteiger charge is 2.08. The Bertz CT molecular complexity index is 739. The first-order valence-corrected chi connectivity index (χ1v) is 7.70. The Morgan fingerprint density at radius 1 is 1.00 bits per heavy atom. The first-order chi connectivity index (χ1) is 11.4. The van der Waals surface area contributed by atoms with E-state index < -0.39 is 11.9 Å². The van der Waals surface area contributed by atoms with Crippen LogP contribution >= 0.6 is 23.2 Å². The molecule has 0 unspecified atom stereocenters. The van der Waals surface area contributed by atoms with Gasteiger partial charge < -0.3 is 16.0 Å². The monoisotopic (exact) mass is 369 g/mol. The maximum absolute atomic E-state index is 12.8. The lowest BCUT2D eigenvalue weighted by Crippen LogP contribution is -2.39. The average Bonchev–Trinajstić information content (AvgIpc) is 2.55. The average molecular weight is 370 g/mol. The SMILES string of the molecule is O=C(CNC(=O)NCc1ccc(F)cc1)Nc1ccc(Cl)cc1Cl. The molecule has 3 N–H and O–H groups in total. The van der Waals surface area contributed by atoms with Crippen molar-refractivity contribution in [3.8, 4) is 0 Å². The lowest BCUT2D eigenvalue weighted by molar-refractivity contribution is -0.115. The molecule has 0 spiro atoms. The summed E-state index contributed by atoms with van der Waals surface area (Å²) in [5.74, 6) is -0.781. The minimum Gasteiger partial charge on any atom is -0.334 e. The van der Waals surface area contributed by atoms with Gasteiger partial charge in [0.2, 0.25) is 5.91 Å². The lowest BCUT2D eigenvalue weighted by atomic mass is 10.2. The Labute approximate surface area is 148 Å². The van der Waals surface area contributed by atoms with Gasteiger partial charge in [0.1, 0.15) is 5.82 Å². The van der Waals surface area contributed by atoms with Crippen molar-refractivity contribution in [2.75, 3.05) is 11.9 Å². The smallest absolute Gasteiger partial charge is 0.315 e. The van der Waals surface area contributed by atoms with Gasteiger partial charge in [0.25, 0.3) is 0 Å². The molecule has 0 aliphatic heterocycles. The van der Waals surface area contributed by atoms with Crippen LogP contribution in [0.4, 0.5) is 14.9 Å². The van der Waals surface area contributed by atoms with Crippen LogP contribution in [0.1, 0.15) is 5.56 Å². The molecular formula is C16H14Cl2FN3O2. The first-order valence-electron chi connectivity index (χ1n) is 6.95. The fourth-order valence-electron chi connectivity index (χ4n) is 1.79. The second kappa shape index (κ2) is 8.52. The van der Waals surface area contributed by atoms with Crippen molar-refractivity contribution >= 4 is 40.8 Å². The molecule has 24 heavy (non-hydrogen) atoms. The second-order valence-corrected chi connectivity index (χ2v) is 5.68. The van der Waals surface area contributed by atoms with E-state index in [-0.39, 0.29) is 18.9 Å². The largest absolute Gasteiger partial charge is 0.334 e. The zero-order valence-electron chi connectivity index (χ0n) is 12.4. The molecule has 0 aromatic heterocycles. The summed E-state index contributed by atoms with van der Waals surface area (Å²) < 4.78 is 12.8. The molecule has 0 fully saturated rings. The molecule has 0 atom stereocenters. The van der Waals surface area contributed by atoms with Crippen LogP contribution in [-0.2, 0) is 11.3 Å². The van der Waals surface area contributed by atoms with Gasteiger partial charge in [0, 0.05) is 11.6 Å². The van der Waals surface area contributed by atoms with Crippen molar-refractivity contribution in [2.24, 2.45) is 0 Å². The van der Waals surface area contributed by atoms with Gasteiger partial charge in [-0.3, -0.25) is 4.79 Å². The van der Waals surface area contributed by atoms with E-state index in [4.69, 9.17) is 23.2 Å². The predicted octanol–water partition coefficient (Wildman–Crippen LogP) is 3.57. The quantitative estimate of drug-likeness (QED) is 0.753. The second-order valence-electron chi connectivity index (χ2n) is 4.84. The number of halogens is 3. The third kappa shape index (κ3) is 5.72. The van der Waals surface area contributed by atoms with Gasteiger partial charge >= 0.3 is 6.03 Å². The van der Waals surface area contributed by atoms with Gasteiger partial charge in [-0.15, -0.1) is 0 Å². The molecule has 5 nitrogen and oxygen atoms in total. The molecule has 0 aliphatic rings. The molecule has 0 heterocycles. The number of carbonyl (C=O) groups is 2. The molecule has 8 heteroatoms. The van der Waals surface area contributed by atoms with E-state index in [9.17, 15) is 14.0 Å². The van der Waals surface area contributed by atoms with Crippen LogP contribution in [0.3, 0.4) is 0 Å². The summed E-state index contributed by atoms with van der Waals surface area (Å²) in [7, 11) is 0. The minimum absolute atomic E-state index is 0.219. The Morgan fingerprint density at radius 2 is 1.71 bits per heavy atom.